The Morgan fingerprint density at radius 2 is 2.09 bits per heavy atom. The fourth-order valence-corrected chi connectivity index (χ4v) is 4.69. The number of furan rings is 1. The lowest BCUT2D eigenvalue weighted by molar-refractivity contribution is -0.122. The van der Waals surface area contributed by atoms with Crippen molar-refractivity contribution in [2.24, 2.45) is 0 Å². The maximum Gasteiger partial charge on any atom is 0.267 e. The molecule has 33 heavy (non-hydrogen) atoms. The SMILES string of the molecule is Cc1ccc2nc(NCCCN(C)C)c(/C=C3\SC(=S)N(Cc4ccco4)C3=O)c(=O)n2c1. The standard InChI is InChI=1S/C23H25N5O3S2/c1-15-7-8-19-25-20(24-9-5-10-26(2)3)17(21(29)27(19)13-15)12-18-22(30)28(23(32)33-18)14-16-6-4-11-31-16/h4,6-8,11-13,24H,5,9-10,14H2,1-3H3/b18-12-. The first kappa shape index (κ1) is 23.2. The third-order valence-corrected chi connectivity index (χ3v) is 6.50. The maximum absolute atomic E-state index is 13.4. The minimum Gasteiger partial charge on any atom is -0.467 e. The number of aryl methyl sites for hydroxylation is 1. The van der Waals surface area contributed by atoms with Gasteiger partial charge in [0.2, 0.25) is 0 Å². The number of carbonyl (C=O) groups excluding carboxylic acids is 1. The fraction of sp³-hybridized carbons (Fsp3) is 0.304. The fourth-order valence-electron chi connectivity index (χ4n) is 3.45. The van der Waals surface area contributed by atoms with Gasteiger partial charge in [0.1, 0.15) is 21.5 Å². The number of carbonyl (C=O) groups is 1. The number of amides is 1. The number of hydrogen-bond acceptors (Lipinski definition) is 8. The Morgan fingerprint density at radius 3 is 2.82 bits per heavy atom. The summed E-state index contributed by atoms with van der Waals surface area (Å²) in [5.74, 6) is 0.839. The minimum absolute atomic E-state index is 0.241. The minimum atomic E-state index is -0.256. The number of nitrogens with one attached hydrogen (secondary N) is 1. The van der Waals surface area contributed by atoms with Crippen LogP contribution in [0.1, 0.15) is 23.3 Å². The van der Waals surface area contributed by atoms with E-state index in [0.717, 1.165) is 18.5 Å². The monoisotopic (exact) mass is 483 g/mol. The van der Waals surface area contributed by atoms with E-state index in [2.05, 4.69) is 15.2 Å². The Bertz CT molecular complexity index is 1280. The summed E-state index contributed by atoms with van der Waals surface area (Å²) in [5, 5.41) is 3.29. The van der Waals surface area contributed by atoms with Crippen LogP contribution >= 0.6 is 24.0 Å². The molecule has 0 spiro atoms. The summed E-state index contributed by atoms with van der Waals surface area (Å²) in [6.07, 6.45) is 5.78. The molecule has 3 aromatic rings. The van der Waals surface area contributed by atoms with E-state index in [9.17, 15) is 9.59 Å². The van der Waals surface area contributed by atoms with E-state index in [4.69, 9.17) is 16.6 Å². The highest BCUT2D eigenvalue weighted by atomic mass is 32.2. The van der Waals surface area contributed by atoms with Gasteiger partial charge in [0.15, 0.2) is 0 Å². The number of rotatable bonds is 8. The lowest BCUT2D eigenvalue weighted by Gasteiger charge is -2.13. The summed E-state index contributed by atoms with van der Waals surface area (Å²) in [7, 11) is 4.03. The van der Waals surface area contributed by atoms with Crippen LogP contribution in [0.3, 0.4) is 0 Å². The maximum atomic E-state index is 13.4. The van der Waals surface area contributed by atoms with Crippen molar-refractivity contribution in [1.82, 2.24) is 19.2 Å². The Kier molecular flexibility index (Phi) is 6.96. The number of anilines is 1. The summed E-state index contributed by atoms with van der Waals surface area (Å²) >= 11 is 6.59. The second-order valence-electron chi connectivity index (χ2n) is 8.04. The Morgan fingerprint density at radius 1 is 1.27 bits per heavy atom. The number of aromatic nitrogens is 2. The van der Waals surface area contributed by atoms with Crippen LogP contribution in [-0.4, -0.2) is 56.6 Å². The van der Waals surface area contributed by atoms with Gasteiger partial charge >= 0.3 is 0 Å². The molecule has 0 bridgehead atoms. The summed E-state index contributed by atoms with van der Waals surface area (Å²) < 4.78 is 7.29. The molecule has 1 saturated heterocycles. The lowest BCUT2D eigenvalue weighted by Crippen LogP contribution is -2.27. The van der Waals surface area contributed by atoms with Gasteiger partial charge in [-0.2, -0.15) is 0 Å². The average Bonchev–Trinajstić information content (AvgIpc) is 3.38. The van der Waals surface area contributed by atoms with Crippen molar-refractivity contribution in [3.8, 4) is 0 Å². The molecule has 1 aliphatic heterocycles. The smallest absolute Gasteiger partial charge is 0.267 e. The summed E-state index contributed by atoms with van der Waals surface area (Å²) in [6.45, 7) is 3.71. The highest BCUT2D eigenvalue weighted by Crippen LogP contribution is 2.34. The van der Waals surface area contributed by atoms with Gasteiger partial charge in [-0.1, -0.05) is 30.0 Å². The molecule has 1 aliphatic rings. The number of pyridine rings is 1. The van der Waals surface area contributed by atoms with Crippen molar-refractivity contribution in [2.75, 3.05) is 32.5 Å². The largest absolute Gasteiger partial charge is 0.467 e. The van der Waals surface area contributed by atoms with Crippen LogP contribution in [0.15, 0.2) is 50.8 Å². The third kappa shape index (κ3) is 5.18. The predicted octanol–water partition coefficient (Wildman–Crippen LogP) is 3.36. The number of fused-ring (bicyclic) bond motifs is 1. The zero-order valence-electron chi connectivity index (χ0n) is 18.7. The molecule has 1 N–H and O–H groups in total. The van der Waals surface area contributed by atoms with Gasteiger partial charge in [-0.25, -0.2) is 4.98 Å². The molecule has 3 aromatic heterocycles. The van der Waals surface area contributed by atoms with Crippen LogP contribution in [0.25, 0.3) is 11.7 Å². The Labute approximate surface area is 201 Å². The second-order valence-corrected chi connectivity index (χ2v) is 9.72. The topological polar surface area (TPSA) is 83.1 Å². The second kappa shape index (κ2) is 9.90. The van der Waals surface area contributed by atoms with Crippen LogP contribution in [-0.2, 0) is 11.3 Å². The molecule has 0 aliphatic carbocycles. The number of hydrogen-bond donors (Lipinski definition) is 1. The van der Waals surface area contributed by atoms with Crippen molar-refractivity contribution >= 4 is 51.7 Å². The molecule has 0 aromatic carbocycles. The van der Waals surface area contributed by atoms with Crippen molar-refractivity contribution in [2.45, 2.75) is 19.9 Å². The van der Waals surface area contributed by atoms with Gasteiger partial charge in [-0.05, 0) is 63.8 Å². The van der Waals surface area contributed by atoms with E-state index >= 15 is 0 Å². The first-order valence-electron chi connectivity index (χ1n) is 10.5. The molecule has 172 valence electrons. The highest BCUT2D eigenvalue weighted by molar-refractivity contribution is 8.26. The normalized spacial score (nSPS) is 15.4. The van der Waals surface area contributed by atoms with Gasteiger partial charge in [0.25, 0.3) is 11.5 Å². The van der Waals surface area contributed by atoms with Gasteiger partial charge in [-0.15, -0.1) is 0 Å². The molecule has 4 heterocycles. The summed E-state index contributed by atoms with van der Waals surface area (Å²) in [6, 6.07) is 7.28. The van der Waals surface area contributed by atoms with E-state index in [1.54, 1.807) is 30.7 Å². The molecule has 10 heteroatoms. The van der Waals surface area contributed by atoms with Gasteiger partial charge in [-0.3, -0.25) is 18.9 Å². The Hall–Kier alpha value is -2.95. The van der Waals surface area contributed by atoms with E-state index in [1.165, 1.54) is 21.1 Å². The number of thioether (sulfide) groups is 1. The summed E-state index contributed by atoms with van der Waals surface area (Å²) in [4.78, 5) is 35.1. The van der Waals surface area contributed by atoms with Gasteiger partial charge in [0.05, 0.1) is 23.3 Å². The first-order chi connectivity index (χ1) is 15.8. The third-order valence-electron chi connectivity index (χ3n) is 5.12. The molecule has 4 rings (SSSR count). The molecule has 0 radical (unpaired) electrons. The van der Waals surface area contributed by atoms with Crippen LogP contribution in [0.2, 0.25) is 0 Å². The summed E-state index contributed by atoms with van der Waals surface area (Å²) in [5.41, 5.74) is 1.58. The van der Waals surface area contributed by atoms with Crippen molar-refractivity contribution in [3.05, 3.63) is 68.9 Å². The Balaban J connectivity index is 1.70. The number of thiocarbonyl (C=S) groups is 1. The van der Waals surface area contributed by atoms with Crippen molar-refractivity contribution < 1.29 is 9.21 Å². The van der Waals surface area contributed by atoms with Crippen LogP contribution in [0, 0.1) is 6.92 Å². The quantitative estimate of drug-likeness (QED) is 0.297. The molecule has 8 nitrogen and oxygen atoms in total. The van der Waals surface area contributed by atoms with Crippen LogP contribution in [0.4, 0.5) is 5.82 Å². The zero-order valence-corrected chi connectivity index (χ0v) is 20.3. The van der Waals surface area contributed by atoms with Crippen LogP contribution < -0.4 is 10.9 Å². The lowest BCUT2D eigenvalue weighted by atomic mass is 10.2. The molecule has 0 atom stereocenters. The molecule has 0 unspecified atom stereocenters. The van der Waals surface area contributed by atoms with E-state index < -0.39 is 0 Å². The van der Waals surface area contributed by atoms with Crippen molar-refractivity contribution in [3.63, 3.8) is 0 Å². The van der Waals surface area contributed by atoms with E-state index in [-0.39, 0.29) is 18.0 Å². The molecule has 0 saturated carbocycles. The number of nitrogens with zero attached hydrogens (tertiary/aromatic N) is 4. The average molecular weight is 484 g/mol. The van der Waals surface area contributed by atoms with E-state index in [1.807, 2.05) is 33.2 Å². The molecule has 1 fully saturated rings. The highest BCUT2D eigenvalue weighted by Gasteiger charge is 2.33. The predicted molar refractivity (Wildman–Crippen MR) is 135 cm³/mol. The molecular weight excluding hydrogens is 458 g/mol. The molecule has 1 amide bonds. The van der Waals surface area contributed by atoms with Gasteiger partial charge in [0, 0.05) is 12.7 Å². The van der Waals surface area contributed by atoms with Crippen LogP contribution in [0.5, 0.6) is 0 Å². The van der Waals surface area contributed by atoms with Gasteiger partial charge < -0.3 is 14.6 Å². The first-order valence-corrected chi connectivity index (χ1v) is 11.8. The molecular formula is C23H25N5O3S2. The van der Waals surface area contributed by atoms with E-state index in [0.29, 0.717) is 38.6 Å². The van der Waals surface area contributed by atoms with Crippen molar-refractivity contribution in [1.29, 1.82) is 0 Å². The zero-order chi connectivity index (χ0) is 23.5.